The SMILES string of the molecule is COC1CC(N(C)c2ncnc3c2ccn3C(c2ccccc2)(c2ccccc2)c2ccccc2)CN(C(=O)OC(C)(C)C)C1. The molecule has 0 aliphatic carbocycles. The zero-order valence-corrected chi connectivity index (χ0v) is 26.6. The maximum Gasteiger partial charge on any atom is 0.410 e. The number of likely N-dealkylation sites (tertiary alicyclic amines) is 1. The third-order valence-electron chi connectivity index (χ3n) is 8.65. The summed E-state index contributed by atoms with van der Waals surface area (Å²) < 4.78 is 13.8. The molecule has 8 heteroatoms. The van der Waals surface area contributed by atoms with E-state index in [0.29, 0.717) is 13.1 Å². The molecular formula is C37H41N5O3. The Kier molecular flexibility index (Phi) is 8.34. The van der Waals surface area contributed by atoms with Crippen molar-refractivity contribution in [3.63, 3.8) is 0 Å². The molecule has 8 nitrogen and oxygen atoms in total. The minimum absolute atomic E-state index is 0.0419. The summed E-state index contributed by atoms with van der Waals surface area (Å²) >= 11 is 0. The van der Waals surface area contributed by atoms with Gasteiger partial charge in [0, 0.05) is 26.9 Å². The van der Waals surface area contributed by atoms with Gasteiger partial charge in [-0.2, -0.15) is 0 Å². The van der Waals surface area contributed by atoms with E-state index in [2.05, 4.69) is 94.5 Å². The Morgan fingerprint density at radius 2 is 1.38 bits per heavy atom. The number of carbonyl (C=O) groups is 1. The highest BCUT2D eigenvalue weighted by atomic mass is 16.6. The van der Waals surface area contributed by atoms with E-state index in [1.807, 2.05) is 46.0 Å². The number of benzene rings is 3. The smallest absolute Gasteiger partial charge is 0.410 e. The molecule has 2 unspecified atom stereocenters. The predicted molar refractivity (Wildman–Crippen MR) is 178 cm³/mol. The molecule has 0 radical (unpaired) electrons. The number of hydrogen-bond acceptors (Lipinski definition) is 6. The van der Waals surface area contributed by atoms with Gasteiger partial charge >= 0.3 is 6.09 Å². The van der Waals surface area contributed by atoms with Crippen molar-refractivity contribution in [3.05, 3.63) is 126 Å². The molecular weight excluding hydrogens is 562 g/mol. The number of methoxy groups -OCH3 is 1. The number of ether oxygens (including phenoxy) is 2. The van der Waals surface area contributed by atoms with Crippen LogP contribution in [0.5, 0.6) is 0 Å². The van der Waals surface area contributed by atoms with Crippen molar-refractivity contribution in [1.29, 1.82) is 0 Å². The van der Waals surface area contributed by atoms with Gasteiger partial charge in [-0.25, -0.2) is 14.8 Å². The van der Waals surface area contributed by atoms with Crippen LogP contribution in [0.2, 0.25) is 0 Å². The molecule has 45 heavy (non-hydrogen) atoms. The maximum atomic E-state index is 13.1. The van der Waals surface area contributed by atoms with Crippen molar-refractivity contribution in [2.45, 2.75) is 50.5 Å². The summed E-state index contributed by atoms with van der Waals surface area (Å²) in [5.41, 5.74) is 2.90. The number of amides is 1. The number of likely N-dealkylation sites (N-methyl/N-ethyl adjacent to an activating group) is 1. The molecule has 5 aromatic rings. The first-order valence-corrected chi connectivity index (χ1v) is 15.4. The van der Waals surface area contributed by atoms with Crippen molar-refractivity contribution in [1.82, 2.24) is 19.4 Å². The Morgan fingerprint density at radius 1 is 0.822 bits per heavy atom. The first-order valence-electron chi connectivity index (χ1n) is 15.4. The average Bonchev–Trinajstić information content (AvgIpc) is 3.50. The van der Waals surface area contributed by atoms with E-state index >= 15 is 0 Å². The largest absolute Gasteiger partial charge is 0.444 e. The second-order valence-corrected chi connectivity index (χ2v) is 12.7. The van der Waals surface area contributed by atoms with Gasteiger partial charge in [-0.3, -0.25) is 0 Å². The lowest BCUT2D eigenvalue weighted by atomic mass is 9.76. The summed E-state index contributed by atoms with van der Waals surface area (Å²) in [6, 6.07) is 33.8. The molecule has 2 atom stereocenters. The Labute approximate surface area is 265 Å². The topological polar surface area (TPSA) is 72.7 Å². The molecule has 0 bridgehead atoms. The Morgan fingerprint density at radius 3 is 1.89 bits per heavy atom. The van der Waals surface area contributed by atoms with Gasteiger partial charge < -0.3 is 23.8 Å². The Balaban J connectivity index is 1.48. The van der Waals surface area contributed by atoms with Crippen LogP contribution in [0, 0.1) is 0 Å². The molecule has 2 aromatic heterocycles. The van der Waals surface area contributed by atoms with Crippen molar-refractivity contribution in [3.8, 4) is 0 Å². The number of anilines is 1. The monoisotopic (exact) mass is 603 g/mol. The predicted octanol–water partition coefficient (Wildman–Crippen LogP) is 6.73. The summed E-state index contributed by atoms with van der Waals surface area (Å²) in [6.45, 7) is 6.64. The molecule has 3 heterocycles. The third kappa shape index (κ3) is 5.78. The van der Waals surface area contributed by atoms with E-state index in [9.17, 15) is 4.79 Å². The molecule has 1 amide bonds. The van der Waals surface area contributed by atoms with Gasteiger partial charge in [0.15, 0.2) is 0 Å². The fourth-order valence-corrected chi connectivity index (χ4v) is 6.57. The number of nitrogens with zero attached hydrogens (tertiary/aromatic N) is 5. The van der Waals surface area contributed by atoms with Crippen molar-refractivity contribution in [2.24, 2.45) is 0 Å². The van der Waals surface area contributed by atoms with Gasteiger partial charge in [0.25, 0.3) is 0 Å². The third-order valence-corrected chi connectivity index (χ3v) is 8.65. The molecule has 0 saturated carbocycles. The van der Waals surface area contributed by atoms with E-state index in [1.54, 1.807) is 18.3 Å². The van der Waals surface area contributed by atoms with Crippen molar-refractivity contribution < 1.29 is 14.3 Å². The van der Waals surface area contributed by atoms with Crippen LogP contribution in [-0.2, 0) is 15.0 Å². The highest BCUT2D eigenvalue weighted by molar-refractivity contribution is 5.89. The number of rotatable bonds is 7. The first-order chi connectivity index (χ1) is 21.7. The van der Waals surface area contributed by atoms with Crippen LogP contribution in [0.4, 0.5) is 10.6 Å². The summed E-state index contributed by atoms with van der Waals surface area (Å²) in [4.78, 5) is 26.7. The lowest BCUT2D eigenvalue weighted by molar-refractivity contribution is -0.0106. The quantitative estimate of drug-likeness (QED) is 0.192. The van der Waals surface area contributed by atoms with E-state index in [-0.39, 0.29) is 18.2 Å². The van der Waals surface area contributed by atoms with E-state index in [4.69, 9.17) is 19.4 Å². The molecule has 1 aliphatic heterocycles. The summed E-state index contributed by atoms with van der Waals surface area (Å²) in [6.07, 6.45) is 4.05. The number of hydrogen-bond donors (Lipinski definition) is 0. The van der Waals surface area contributed by atoms with E-state index < -0.39 is 11.1 Å². The molecule has 6 rings (SSSR count). The highest BCUT2D eigenvalue weighted by Gasteiger charge is 2.40. The van der Waals surface area contributed by atoms with Gasteiger partial charge in [-0.1, -0.05) is 91.0 Å². The number of aromatic nitrogens is 3. The van der Waals surface area contributed by atoms with Crippen LogP contribution < -0.4 is 4.90 Å². The first kappa shape index (κ1) is 30.3. The lowest BCUT2D eigenvalue weighted by Gasteiger charge is -2.41. The summed E-state index contributed by atoms with van der Waals surface area (Å²) in [7, 11) is 3.73. The molecule has 232 valence electrons. The second-order valence-electron chi connectivity index (χ2n) is 12.7. The van der Waals surface area contributed by atoms with Gasteiger partial charge in [0.2, 0.25) is 0 Å². The number of piperidine rings is 1. The lowest BCUT2D eigenvalue weighted by Crippen LogP contribution is -2.55. The number of carbonyl (C=O) groups excluding carboxylic acids is 1. The van der Waals surface area contributed by atoms with Gasteiger partial charge in [0.1, 0.15) is 28.9 Å². The van der Waals surface area contributed by atoms with Gasteiger partial charge in [-0.15, -0.1) is 0 Å². The van der Waals surface area contributed by atoms with Crippen LogP contribution in [0.3, 0.4) is 0 Å². The zero-order valence-electron chi connectivity index (χ0n) is 26.6. The molecule has 0 spiro atoms. The van der Waals surface area contributed by atoms with Crippen LogP contribution >= 0.6 is 0 Å². The zero-order chi connectivity index (χ0) is 31.6. The molecule has 1 fully saturated rings. The summed E-state index contributed by atoms with van der Waals surface area (Å²) in [5.74, 6) is 0.799. The minimum atomic E-state index is -0.699. The Bertz CT molecular complexity index is 1640. The van der Waals surface area contributed by atoms with E-state index in [0.717, 1.165) is 40.0 Å². The fraction of sp³-hybridized carbons (Fsp3) is 0.324. The van der Waals surface area contributed by atoms with Crippen molar-refractivity contribution in [2.75, 3.05) is 32.1 Å². The molecule has 1 saturated heterocycles. The van der Waals surface area contributed by atoms with Gasteiger partial charge in [0.05, 0.1) is 24.1 Å². The second kappa shape index (κ2) is 12.4. The molecule has 3 aromatic carbocycles. The Hall–Kier alpha value is -4.69. The fourth-order valence-electron chi connectivity index (χ4n) is 6.57. The number of fused-ring (bicyclic) bond motifs is 1. The van der Waals surface area contributed by atoms with E-state index in [1.165, 1.54) is 0 Å². The normalized spacial score (nSPS) is 17.3. The maximum absolute atomic E-state index is 13.1. The van der Waals surface area contributed by atoms with Crippen LogP contribution in [0.15, 0.2) is 110 Å². The van der Waals surface area contributed by atoms with Crippen molar-refractivity contribution >= 4 is 22.9 Å². The summed E-state index contributed by atoms with van der Waals surface area (Å²) in [5, 5.41) is 0.926. The minimum Gasteiger partial charge on any atom is -0.444 e. The van der Waals surface area contributed by atoms with Crippen LogP contribution in [0.1, 0.15) is 43.9 Å². The standard InChI is InChI=1S/C37H41N5O3/c1-36(2,3)45-35(43)41-24-30(23-31(25-41)44-5)40(4)33-32-21-22-42(34(32)39-26-38-33)37(27-15-9-6-10-16-27,28-17-11-7-12-18-28)29-19-13-8-14-20-29/h6-22,26,30-31H,23-25H2,1-5H3. The average molecular weight is 604 g/mol. The molecule has 1 aliphatic rings. The van der Waals surface area contributed by atoms with Gasteiger partial charge in [-0.05, 0) is 49.9 Å². The van der Waals surface area contributed by atoms with Crippen LogP contribution in [0.25, 0.3) is 11.0 Å². The highest BCUT2D eigenvalue weighted by Crippen LogP contribution is 2.43. The molecule has 0 N–H and O–H groups in total. The van der Waals surface area contributed by atoms with Crippen LogP contribution in [-0.4, -0.2) is 70.5 Å².